The number of carbonyl (C=O) groups is 3. The Kier molecular flexibility index (Phi) is 6.81. The Balaban J connectivity index is 2.01. The largest absolute Gasteiger partial charge is 0.465 e. The molecule has 7 nitrogen and oxygen atoms in total. The first kappa shape index (κ1) is 21.7. The van der Waals surface area contributed by atoms with Gasteiger partial charge in [0.15, 0.2) is 0 Å². The minimum Gasteiger partial charge on any atom is -0.465 e. The summed E-state index contributed by atoms with van der Waals surface area (Å²) in [5, 5.41) is 0.909. The van der Waals surface area contributed by atoms with Gasteiger partial charge in [0.05, 0.1) is 23.9 Å². The van der Waals surface area contributed by atoms with E-state index in [1.807, 2.05) is 0 Å². The fraction of sp³-hybridized carbons (Fsp3) is 0.211. The van der Waals surface area contributed by atoms with Crippen LogP contribution >= 0.6 is 0 Å². The molecule has 3 amide bonds. The van der Waals surface area contributed by atoms with Crippen molar-refractivity contribution in [3.05, 3.63) is 65.2 Å². The molecule has 0 aliphatic rings. The number of alkyl halides is 3. The number of ether oxygens (including phenoxy) is 1. The van der Waals surface area contributed by atoms with Gasteiger partial charge in [-0.3, -0.25) is 4.79 Å². The molecule has 0 aliphatic carbocycles. The van der Waals surface area contributed by atoms with Crippen LogP contribution in [0.2, 0.25) is 0 Å². The summed E-state index contributed by atoms with van der Waals surface area (Å²) in [5.41, 5.74) is 2.62. The molecule has 1 N–H and O–H groups in total. The first-order chi connectivity index (χ1) is 13.7. The van der Waals surface area contributed by atoms with Gasteiger partial charge < -0.3 is 9.64 Å². The fourth-order valence-corrected chi connectivity index (χ4v) is 2.36. The number of halogens is 3. The molecule has 0 spiro atoms. The van der Waals surface area contributed by atoms with E-state index in [2.05, 4.69) is 10.2 Å². The van der Waals surface area contributed by atoms with Crippen LogP contribution in [-0.2, 0) is 22.3 Å². The SMILES string of the molecule is COC(=O)c1ccc(N(C=O)NC(=O)N(C)Cc2ccc(C(F)(F)F)cc2)cc1. The van der Waals surface area contributed by atoms with Gasteiger partial charge in [-0.2, -0.15) is 13.2 Å². The lowest BCUT2D eigenvalue weighted by molar-refractivity contribution is -0.137. The molecule has 0 saturated carbocycles. The van der Waals surface area contributed by atoms with E-state index < -0.39 is 23.7 Å². The van der Waals surface area contributed by atoms with Crippen molar-refractivity contribution in [2.45, 2.75) is 12.7 Å². The second-order valence-electron chi connectivity index (χ2n) is 5.98. The normalized spacial score (nSPS) is 10.8. The van der Waals surface area contributed by atoms with Crippen LogP contribution in [0, 0.1) is 0 Å². The number of benzene rings is 2. The third-order valence-corrected chi connectivity index (χ3v) is 3.94. The van der Waals surface area contributed by atoms with Crippen molar-refractivity contribution in [3.8, 4) is 0 Å². The molecule has 2 aromatic rings. The number of anilines is 1. The molecular formula is C19H18F3N3O4. The maximum absolute atomic E-state index is 12.6. The summed E-state index contributed by atoms with van der Waals surface area (Å²) < 4.78 is 42.4. The Morgan fingerprint density at radius 3 is 2.14 bits per heavy atom. The second-order valence-corrected chi connectivity index (χ2v) is 5.98. The van der Waals surface area contributed by atoms with Crippen LogP contribution in [0.5, 0.6) is 0 Å². The monoisotopic (exact) mass is 409 g/mol. The van der Waals surface area contributed by atoms with Crippen LogP contribution in [0.4, 0.5) is 23.7 Å². The van der Waals surface area contributed by atoms with Crippen molar-refractivity contribution in [2.75, 3.05) is 19.2 Å². The number of hydrogen-bond acceptors (Lipinski definition) is 4. The number of hydrazine groups is 1. The molecule has 2 rings (SSSR count). The van der Waals surface area contributed by atoms with Crippen molar-refractivity contribution in [1.29, 1.82) is 0 Å². The number of esters is 1. The Hall–Kier alpha value is -3.56. The van der Waals surface area contributed by atoms with E-state index in [0.717, 1.165) is 17.1 Å². The first-order valence-corrected chi connectivity index (χ1v) is 8.26. The highest BCUT2D eigenvalue weighted by atomic mass is 19.4. The molecule has 0 atom stereocenters. The minimum absolute atomic E-state index is 0.0257. The lowest BCUT2D eigenvalue weighted by Crippen LogP contribution is -2.47. The van der Waals surface area contributed by atoms with Gasteiger partial charge in [0.25, 0.3) is 0 Å². The third kappa shape index (κ3) is 5.71. The number of urea groups is 1. The number of methoxy groups -OCH3 is 1. The van der Waals surface area contributed by atoms with E-state index in [4.69, 9.17) is 0 Å². The Labute approximate surface area is 164 Å². The van der Waals surface area contributed by atoms with Crippen LogP contribution in [0.15, 0.2) is 48.5 Å². The standard InChI is InChI=1S/C19H18F3N3O4/c1-24(11-13-3-7-15(8-4-13)19(20,21)22)18(28)23-25(12-26)16-9-5-14(6-10-16)17(27)29-2/h3-10,12H,11H2,1-2H3,(H,23,28). The molecule has 0 aromatic heterocycles. The van der Waals surface area contributed by atoms with Crippen LogP contribution in [0.25, 0.3) is 0 Å². The fourth-order valence-electron chi connectivity index (χ4n) is 2.36. The summed E-state index contributed by atoms with van der Waals surface area (Å²) in [5.74, 6) is -0.547. The maximum atomic E-state index is 12.6. The molecule has 154 valence electrons. The van der Waals surface area contributed by atoms with E-state index in [0.29, 0.717) is 17.7 Å². The van der Waals surface area contributed by atoms with Crippen LogP contribution in [-0.4, -0.2) is 37.5 Å². The van der Waals surface area contributed by atoms with Crippen molar-refractivity contribution < 1.29 is 32.3 Å². The molecule has 2 aromatic carbocycles. The van der Waals surface area contributed by atoms with Gasteiger partial charge in [0, 0.05) is 13.6 Å². The quantitative estimate of drug-likeness (QED) is 0.452. The topological polar surface area (TPSA) is 79.0 Å². The van der Waals surface area contributed by atoms with Gasteiger partial charge in [0.2, 0.25) is 6.41 Å². The summed E-state index contributed by atoms with van der Waals surface area (Å²) in [6, 6.07) is 9.49. The minimum atomic E-state index is -4.43. The van der Waals surface area contributed by atoms with Gasteiger partial charge in [-0.05, 0) is 42.0 Å². The molecule has 0 unspecified atom stereocenters. The van der Waals surface area contributed by atoms with Gasteiger partial charge >= 0.3 is 18.2 Å². The molecule has 0 radical (unpaired) electrons. The summed E-state index contributed by atoms with van der Waals surface area (Å²) in [6.07, 6.45) is -4.06. The van der Waals surface area contributed by atoms with Crippen LogP contribution in [0.1, 0.15) is 21.5 Å². The average Bonchev–Trinajstić information content (AvgIpc) is 2.71. The molecule has 29 heavy (non-hydrogen) atoms. The average molecular weight is 409 g/mol. The number of nitrogens with zero attached hydrogens (tertiary/aromatic N) is 2. The van der Waals surface area contributed by atoms with Crippen molar-refractivity contribution in [1.82, 2.24) is 10.3 Å². The Morgan fingerprint density at radius 2 is 1.66 bits per heavy atom. The summed E-state index contributed by atoms with van der Waals surface area (Å²) in [6.45, 7) is 0.0257. The lowest BCUT2D eigenvalue weighted by atomic mass is 10.1. The predicted octanol–water partition coefficient (Wildman–Crippen LogP) is 3.21. The molecule has 0 bridgehead atoms. The molecule has 0 heterocycles. The molecule has 10 heteroatoms. The molecule has 0 fully saturated rings. The van der Waals surface area contributed by atoms with Gasteiger partial charge in [0.1, 0.15) is 0 Å². The van der Waals surface area contributed by atoms with E-state index in [-0.39, 0.29) is 12.1 Å². The van der Waals surface area contributed by atoms with E-state index in [1.165, 1.54) is 55.5 Å². The highest BCUT2D eigenvalue weighted by molar-refractivity contribution is 5.90. The summed E-state index contributed by atoms with van der Waals surface area (Å²) >= 11 is 0. The van der Waals surface area contributed by atoms with Crippen molar-refractivity contribution in [3.63, 3.8) is 0 Å². The van der Waals surface area contributed by atoms with E-state index in [9.17, 15) is 27.6 Å². The smallest absolute Gasteiger partial charge is 0.416 e. The van der Waals surface area contributed by atoms with Crippen LogP contribution < -0.4 is 10.4 Å². The first-order valence-electron chi connectivity index (χ1n) is 8.26. The van der Waals surface area contributed by atoms with Gasteiger partial charge in [-0.15, -0.1) is 0 Å². The number of nitrogens with one attached hydrogen (secondary N) is 1. The van der Waals surface area contributed by atoms with Gasteiger partial charge in [-0.1, -0.05) is 12.1 Å². The molecular weight excluding hydrogens is 391 g/mol. The highest BCUT2D eigenvalue weighted by Gasteiger charge is 2.30. The van der Waals surface area contributed by atoms with Crippen LogP contribution in [0.3, 0.4) is 0 Å². The second kappa shape index (κ2) is 9.09. The molecule has 0 saturated heterocycles. The maximum Gasteiger partial charge on any atom is 0.416 e. The summed E-state index contributed by atoms with van der Waals surface area (Å²) in [7, 11) is 2.66. The molecule has 0 aliphatic heterocycles. The number of hydrogen-bond donors (Lipinski definition) is 1. The van der Waals surface area contributed by atoms with E-state index in [1.54, 1.807) is 0 Å². The third-order valence-electron chi connectivity index (χ3n) is 3.94. The zero-order valence-corrected chi connectivity index (χ0v) is 15.6. The number of amides is 3. The van der Waals surface area contributed by atoms with Crippen molar-refractivity contribution >= 4 is 24.1 Å². The number of carbonyl (C=O) groups excluding carboxylic acids is 3. The predicted molar refractivity (Wildman–Crippen MR) is 97.8 cm³/mol. The number of rotatable bonds is 6. The summed E-state index contributed by atoms with van der Waals surface area (Å²) in [4.78, 5) is 36.3. The highest BCUT2D eigenvalue weighted by Crippen LogP contribution is 2.29. The Bertz CT molecular complexity index is 868. The van der Waals surface area contributed by atoms with Crippen molar-refractivity contribution in [2.24, 2.45) is 0 Å². The zero-order chi connectivity index (χ0) is 21.6. The van der Waals surface area contributed by atoms with E-state index >= 15 is 0 Å². The van der Waals surface area contributed by atoms with Gasteiger partial charge in [-0.25, -0.2) is 20.0 Å². The lowest BCUT2D eigenvalue weighted by Gasteiger charge is -2.24. The zero-order valence-electron chi connectivity index (χ0n) is 15.6. The Morgan fingerprint density at radius 1 is 1.07 bits per heavy atom.